The lowest BCUT2D eigenvalue weighted by Gasteiger charge is -2.11. The summed E-state index contributed by atoms with van der Waals surface area (Å²) in [6.07, 6.45) is 6.77. The highest BCUT2D eigenvalue weighted by Crippen LogP contribution is 2.18. The molecule has 0 fully saturated rings. The second kappa shape index (κ2) is 9.16. The lowest BCUT2D eigenvalue weighted by atomic mass is 10.2. The Kier molecular flexibility index (Phi) is 6.64. The first-order valence-electron chi connectivity index (χ1n) is 9.13. The number of anilines is 1. The summed E-state index contributed by atoms with van der Waals surface area (Å²) in [6.45, 7) is 2.62. The fourth-order valence-corrected chi connectivity index (χ4v) is 4.76. The summed E-state index contributed by atoms with van der Waals surface area (Å²) in [5.74, 6) is 0.185. The van der Waals surface area contributed by atoms with Crippen molar-refractivity contribution in [3.63, 3.8) is 0 Å². The Morgan fingerprint density at radius 3 is 2.86 bits per heavy atom. The molecule has 0 unspecified atom stereocenters. The van der Waals surface area contributed by atoms with Crippen molar-refractivity contribution in [3.05, 3.63) is 52.2 Å². The van der Waals surface area contributed by atoms with E-state index < -0.39 is 10.0 Å². The van der Waals surface area contributed by atoms with Gasteiger partial charge < -0.3 is 5.32 Å². The van der Waals surface area contributed by atoms with Gasteiger partial charge in [0, 0.05) is 29.6 Å². The zero-order valence-corrected chi connectivity index (χ0v) is 17.3. The number of sulfonamides is 1. The average Bonchev–Trinajstić information content (AvgIpc) is 2.90. The quantitative estimate of drug-likeness (QED) is 0.722. The number of thiophene rings is 1. The van der Waals surface area contributed by atoms with Gasteiger partial charge in [-0.2, -0.15) is 0 Å². The number of hydrogen-bond donors (Lipinski definition) is 2. The smallest absolute Gasteiger partial charge is 0.262 e. The van der Waals surface area contributed by atoms with Crippen LogP contribution in [-0.2, 0) is 14.8 Å². The highest BCUT2D eigenvalue weighted by molar-refractivity contribution is 7.90. The summed E-state index contributed by atoms with van der Waals surface area (Å²) < 4.78 is 27.9. The summed E-state index contributed by atoms with van der Waals surface area (Å²) in [6, 6.07) is 8.19. The van der Waals surface area contributed by atoms with E-state index in [1.54, 1.807) is 29.5 Å². The van der Waals surface area contributed by atoms with Crippen molar-refractivity contribution in [3.8, 4) is 0 Å². The number of nitrogens with one attached hydrogen (secondary N) is 2. The Morgan fingerprint density at radius 2 is 2.07 bits per heavy atom. The molecule has 0 bridgehead atoms. The Hall–Kier alpha value is -2.45. The maximum absolute atomic E-state index is 12.7. The minimum Gasteiger partial charge on any atom is -0.322 e. The molecule has 28 heavy (non-hydrogen) atoms. The number of carbonyl (C=O) groups excluding carboxylic acids is 1. The van der Waals surface area contributed by atoms with Crippen LogP contribution in [0.3, 0.4) is 0 Å². The van der Waals surface area contributed by atoms with Crippen LogP contribution < -0.4 is 10.0 Å². The number of benzene rings is 1. The van der Waals surface area contributed by atoms with Crippen LogP contribution in [0.1, 0.15) is 36.1 Å². The SMILES string of the molecule is Cc1ccsc1/C=C/C(=O)Nc1cccc(S(=O)(=O)NC2=NCCCCC2)c1. The Labute approximate surface area is 169 Å². The van der Waals surface area contributed by atoms with E-state index in [-0.39, 0.29) is 10.8 Å². The standard InChI is InChI=1S/C20H23N3O3S2/c1-15-11-13-27-18(15)9-10-20(24)22-16-6-5-7-17(14-16)28(25,26)23-19-8-3-2-4-12-21-19/h5-7,9-11,13-14H,2-4,8,12H2,1H3,(H,21,23)(H,22,24)/b10-9+. The van der Waals surface area contributed by atoms with Gasteiger partial charge in [0.2, 0.25) is 5.91 Å². The molecule has 2 N–H and O–H groups in total. The first-order valence-corrected chi connectivity index (χ1v) is 11.5. The molecule has 0 saturated heterocycles. The Bertz CT molecular complexity index is 1010. The van der Waals surface area contributed by atoms with Crippen molar-refractivity contribution in [1.29, 1.82) is 0 Å². The van der Waals surface area contributed by atoms with E-state index in [0.29, 0.717) is 24.5 Å². The molecule has 1 aliphatic heterocycles. The van der Waals surface area contributed by atoms with Crippen molar-refractivity contribution >= 4 is 44.9 Å². The molecule has 2 aromatic rings. The van der Waals surface area contributed by atoms with Crippen LogP contribution in [0.4, 0.5) is 5.69 Å². The number of rotatable bonds is 5. The lowest BCUT2D eigenvalue weighted by Crippen LogP contribution is -2.30. The zero-order valence-electron chi connectivity index (χ0n) is 15.6. The summed E-state index contributed by atoms with van der Waals surface area (Å²) in [5.41, 5.74) is 1.53. The fourth-order valence-electron chi connectivity index (χ4n) is 2.80. The van der Waals surface area contributed by atoms with Crippen LogP contribution in [0, 0.1) is 6.92 Å². The van der Waals surface area contributed by atoms with Crippen molar-refractivity contribution in [2.45, 2.75) is 37.5 Å². The van der Waals surface area contributed by atoms with E-state index in [4.69, 9.17) is 0 Å². The molecule has 0 atom stereocenters. The molecule has 1 amide bonds. The summed E-state index contributed by atoms with van der Waals surface area (Å²) in [5, 5.41) is 4.67. The Balaban J connectivity index is 1.69. The van der Waals surface area contributed by atoms with Gasteiger partial charge in [-0.15, -0.1) is 11.3 Å². The highest BCUT2D eigenvalue weighted by atomic mass is 32.2. The molecular weight excluding hydrogens is 394 g/mol. The molecule has 6 nitrogen and oxygen atoms in total. The van der Waals surface area contributed by atoms with Gasteiger partial charge >= 0.3 is 0 Å². The third-order valence-corrected chi connectivity index (χ3v) is 6.69. The molecule has 0 aliphatic carbocycles. The summed E-state index contributed by atoms with van der Waals surface area (Å²) in [7, 11) is -3.74. The average molecular weight is 418 g/mol. The molecule has 0 saturated carbocycles. The van der Waals surface area contributed by atoms with Crippen LogP contribution in [0.5, 0.6) is 0 Å². The first kappa shape index (κ1) is 20.3. The van der Waals surface area contributed by atoms with Gasteiger partial charge in [-0.25, -0.2) is 8.42 Å². The second-order valence-electron chi connectivity index (χ2n) is 6.56. The van der Waals surface area contributed by atoms with Gasteiger partial charge in [0.05, 0.1) is 4.90 Å². The van der Waals surface area contributed by atoms with E-state index in [9.17, 15) is 13.2 Å². The van der Waals surface area contributed by atoms with Gasteiger partial charge in [-0.3, -0.25) is 14.5 Å². The number of nitrogens with zero attached hydrogens (tertiary/aromatic N) is 1. The largest absolute Gasteiger partial charge is 0.322 e. The molecule has 148 valence electrons. The third kappa shape index (κ3) is 5.53. The molecule has 1 aromatic heterocycles. The molecule has 1 aliphatic rings. The van der Waals surface area contributed by atoms with Gasteiger partial charge in [0.15, 0.2) is 0 Å². The van der Waals surface area contributed by atoms with Gasteiger partial charge in [0.1, 0.15) is 5.84 Å². The van der Waals surface area contributed by atoms with Crippen molar-refractivity contribution in [2.24, 2.45) is 4.99 Å². The predicted molar refractivity (Wildman–Crippen MR) is 114 cm³/mol. The minimum absolute atomic E-state index is 0.0929. The lowest BCUT2D eigenvalue weighted by molar-refractivity contribution is -0.111. The van der Waals surface area contributed by atoms with Gasteiger partial charge in [-0.1, -0.05) is 12.5 Å². The molecule has 0 spiro atoms. The van der Waals surface area contributed by atoms with E-state index in [0.717, 1.165) is 29.7 Å². The highest BCUT2D eigenvalue weighted by Gasteiger charge is 2.17. The summed E-state index contributed by atoms with van der Waals surface area (Å²) >= 11 is 1.56. The monoisotopic (exact) mass is 417 g/mol. The number of aryl methyl sites for hydroxylation is 1. The molecule has 0 radical (unpaired) electrons. The maximum atomic E-state index is 12.7. The molecular formula is C20H23N3O3S2. The van der Waals surface area contributed by atoms with E-state index >= 15 is 0 Å². The van der Waals surface area contributed by atoms with Crippen LogP contribution >= 0.6 is 11.3 Å². The number of amidine groups is 1. The topological polar surface area (TPSA) is 87.6 Å². The molecule has 1 aromatic carbocycles. The number of aliphatic imine (C=N–C) groups is 1. The Morgan fingerprint density at radius 1 is 1.21 bits per heavy atom. The van der Waals surface area contributed by atoms with Crippen LogP contribution in [-0.4, -0.2) is 26.7 Å². The molecule has 3 rings (SSSR count). The first-order chi connectivity index (χ1) is 13.4. The fraction of sp³-hybridized carbons (Fsp3) is 0.300. The molecule has 8 heteroatoms. The number of hydrogen-bond acceptors (Lipinski definition) is 5. The van der Waals surface area contributed by atoms with Crippen molar-refractivity contribution in [1.82, 2.24) is 4.72 Å². The summed E-state index contributed by atoms with van der Waals surface area (Å²) in [4.78, 5) is 17.6. The predicted octanol–water partition coefficient (Wildman–Crippen LogP) is 3.96. The van der Waals surface area contributed by atoms with Crippen molar-refractivity contribution < 1.29 is 13.2 Å². The maximum Gasteiger partial charge on any atom is 0.262 e. The normalized spacial score (nSPS) is 15.1. The van der Waals surface area contributed by atoms with Crippen LogP contribution in [0.2, 0.25) is 0 Å². The number of amides is 1. The van der Waals surface area contributed by atoms with E-state index in [1.165, 1.54) is 18.2 Å². The van der Waals surface area contributed by atoms with E-state index in [2.05, 4.69) is 15.0 Å². The zero-order chi connectivity index (χ0) is 20.0. The third-order valence-electron chi connectivity index (χ3n) is 4.33. The number of carbonyl (C=O) groups is 1. The van der Waals surface area contributed by atoms with Crippen LogP contribution in [0.25, 0.3) is 6.08 Å². The van der Waals surface area contributed by atoms with Gasteiger partial charge in [0.25, 0.3) is 10.0 Å². The van der Waals surface area contributed by atoms with Crippen molar-refractivity contribution in [2.75, 3.05) is 11.9 Å². The van der Waals surface area contributed by atoms with Gasteiger partial charge in [-0.05, 0) is 61.1 Å². The second-order valence-corrected chi connectivity index (χ2v) is 9.19. The van der Waals surface area contributed by atoms with Crippen LogP contribution in [0.15, 0.2) is 51.7 Å². The minimum atomic E-state index is -3.74. The molecule has 2 heterocycles. The van der Waals surface area contributed by atoms with E-state index in [1.807, 2.05) is 18.4 Å².